The summed E-state index contributed by atoms with van der Waals surface area (Å²) in [5.41, 5.74) is 3.54. The zero-order valence-electron chi connectivity index (χ0n) is 14.9. The maximum atomic E-state index is 8.11. The van der Waals surface area contributed by atoms with Gasteiger partial charge in [0.2, 0.25) is 0 Å². The summed E-state index contributed by atoms with van der Waals surface area (Å²) in [6.45, 7) is 8.95. The zero-order valence-corrected chi connectivity index (χ0v) is 14.9. The second-order valence-corrected chi connectivity index (χ2v) is 6.50. The zero-order chi connectivity index (χ0) is 16.8. The van der Waals surface area contributed by atoms with Gasteiger partial charge in [0, 0.05) is 23.6 Å². The van der Waals surface area contributed by atoms with E-state index in [1.807, 2.05) is 13.0 Å². The van der Waals surface area contributed by atoms with Gasteiger partial charge in [-0.1, -0.05) is 13.3 Å². The molecule has 0 bridgehead atoms. The Hall–Kier alpha value is -1.55. The summed E-state index contributed by atoms with van der Waals surface area (Å²) in [6, 6.07) is 4.04. The topological polar surface area (TPSA) is 54.3 Å². The smallest absolute Gasteiger partial charge is 0.127 e. The van der Waals surface area contributed by atoms with Gasteiger partial charge >= 0.3 is 0 Å². The van der Waals surface area contributed by atoms with Crippen molar-refractivity contribution in [3.05, 3.63) is 23.3 Å². The lowest BCUT2D eigenvalue weighted by Crippen LogP contribution is -2.28. The van der Waals surface area contributed by atoms with E-state index in [1.165, 1.54) is 6.42 Å². The summed E-state index contributed by atoms with van der Waals surface area (Å²) in [7, 11) is 0. The van der Waals surface area contributed by atoms with Crippen molar-refractivity contribution in [1.29, 1.82) is 5.41 Å². The quantitative estimate of drug-likeness (QED) is 0.704. The molecule has 1 aliphatic rings. The number of hydrogen-bond acceptors (Lipinski definition) is 4. The van der Waals surface area contributed by atoms with E-state index in [4.69, 9.17) is 14.9 Å². The molecule has 0 aliphatic carbocycles. The summed E-state index contributed by atoms with van der Waals surface area (Å²) in [6.07, 6.45) is 5.72. The van der Waals surface area contributed by atoms with E-state index < -0.39 is 0 Å². The van der Waals surface area contributed by atoms with Crippen molar-refractivity contribution >= 4 is 11.4 Å². The molecule has 1 aromatic carbocycles. The van der Waals surface area contributed by atoms with Crippen LogP contribution < -0.4 is 10.1 Å². The maximum absolute atomic E-state index is 8.11. The van der Waals surface area contributed by atoms with Crippen LogP contribution in [-0.4, -0.2) is 24.7 Å². The van der Waals surface area contributed by atoms with Crippen molar-refractivity contribution in [1.82, 2.24) is 0 Å². The largest absolute Gasteiger partial charge is 0.491 e. The van der Waals surface area contributed by atoms with E-state index in [0.29, 0.717) is 5.71 Å². The summed E-state index contributed by atoms with van der Waals surface area (Å²) in [5.74, 6) is 0.847. The highest BCUT2D eigenvalue weighted by molar-refractivity contribution is 6.02. The van der Waals surface area contributed by atoms with Crippen molar-refractivity contribution in [3.8, 4) is 5.75 Å². The summed E-state index contributed by atoms with van der Waals surface area (Å²) < 4.78 is 11.8. The second-order valence-electron chi connectivity index (χ2n) is 6.50. The Labute approximate surface area is 140 Å². The molecule has 2 rings (SSSR count). The number of rotatable bonds is 7. The SMILES string of the molecule is CCCC(C)Oc1cc(C)c(NC2CCCCO2)c(C(C)=N)c1. The molecule has 0 spiro atoms. The van der Waals surface area contributed by atoms with Crippen LogP contribution in [0.2, 0.25) is 0 Å². The average Bonchev–Trinajstić information content (AvgIpc) is 2.50. The first kappa shape index (κ1) is 17.8. The Morgan fingerprint density at radius 3 is 2.83 bits per heavy atom. The van der Waals surface area contributed by atoms with E-state index >= 15 is 0 Å². The fraction of sp³-hybridized carbons (Fsp3) is 0.632. The summed E-state index contributed by atoms with van der Waals surface area (Å²) >= 11 is 0. The molecule has 128 valence electrons. The molecule has 4 heteroatoms. The average molecular weight is 318 g/mol. The van der Waals surface area contributed by atoms with Crippen LogP contribution in [0.1, 0.15) is 64.0 Å². The van der Waals surface area contributed by atoms with Crippen LogP contribution in [0.5, 0.6) is 5.75 Å². The third-order valence-electron chi connectivity index (χ3n) is 4.23. The molecule has 1 aromatic rings. The molecular formula is C19H30N2O2. The normalized spacial score (nSPS) is 19.2. The van der Waals surface area contributed by atoms with Gasteiger partial charge in [0.25, 0.3) is 0 Å². The van der Waals surface area contributed by atoms with Crippen molar-refractivity contribution in [2.24, 2.45) is 0 Å². The first-order valence-electron chi connectivity index (χ1n) is 8.76. The molecule has 0 amide bonds. The fourth-order valence-electron chi connectivity index (χ4n) is 3.02. The van der Waals surface area contributed by atoms with Crippen molar-refractivity contribution in [3.63, 3.8) is 0 Å². The van der Waals surface area contributed by atoms with Crippen LogP contribution in [0, 0.1) is 12.3 Å². The van der Waals surface area contributed by atoms with Gasteiger partial charge in [-0.15, -0.1) is 0 Å². The van der Waals surface area contributed by atoms with E-state index in [1.54, 1.807) is 0 Å². The van der Waals surface area contributed by atoms with Gasteiger partial charge in [-0.3, -0.25) is 0 Å². The Morgan fingerprint density at radius 2 is 2.22 bits per heavy atom. The van der Waals surface area contributed by atoms with E-state index in [9.17, 15) is 0 Å². The van der Waals surface area contributed by atoms with Crippen LogP contribution in [0.15, 0.2) is 12.1 Å². The molecule has 0 saturated carbocycles. The minimum absolute atomic E-state index is 0.0475. The van der Waals surface area contributed by atoms with Gasteiger partial charge < -0.3 is 20.2 Å². The molecule has 1 heterocycles. The molecule has 23 heavy (non-hydrogen) atoms. The number of aryl methyl sites for hydroxylation is 1. The van der Waals surface area contributed by atoms with Gasteiger partial charge in [0.15, 0.2) is 0 Å². The van der Waals surface area contributed by atoms with Crippen molar-refractivity contribution in [2.45, 2.75) is 72.1 Å². The molecule has 1 saturated heterocycles. The number of ether oxygens (including phenoxy) is 2. The number of benzene rings is 1. The molecular weight excluding hydrogens is 288 g/mol. The van der Waals surface area contributed by atoms with Gasteiger partial charge in [-0.25, -0.2) is 0 Å². The predicted molar refractivity (Wildman–Crippen MR) is 95.9 cm³/mol. The minimum Gasteiger partial charge on any atom is -0.491 e. The highest BCUT2D eigenvalue weighted by Crippen LogP contribution is 2.30. The fourth-order valence-corrected chi connectivity index (χ4v) is 3.02. The van der Waals surface area contributed by atoms with Crippen LogP contribution in [0.4, 0.5) is 5.69 Å². The van der Waals surface area contributed by atoms with Gasteiger partial charge in [0.1, 0.15) is 12.0 Å². The van der Waals surface area contributed by atoms with E-state index in [0.717, 1.165) is 54.9 Å². The second kappa shape index (κ2) is 8.34. The van der Waals surface area contributed by atoms with Gasteiger partial charge in [-0.05, 0) is 64.2 Å². The van der Waals surface area contributed by atoms with Gasteiger partial charge in [-0.2, -0.15) is 0 Å². The maximum Gasteiger partial charge on any atom is 0.127 e. The van der Waals surface area contributed by atoms with Crippen LogP contribution in [0.3, 0.4) is 0 Å². The van der Waals surface area contributed by atoms with Crippen LogP contribution >= 0.6 is 0 Å². The predicted octanol–water partition coefficient (Wildman–Crippen LogP) is 4.89. The third kappa shape index (κ3) is 4.96. The van der Waals surface area contributed by atoms with E-state index in [2.05, 4.69) is 32.2 Å². The number of nitrogens with one attached hydrogen (secondary N) is 2. The Kier molecular flexibility index (Phi) is 6.46. The van der Waals surface area contributed by atoms with Crippen molar-refractivity contribution < 1.29 is 9.47 Å². The lowest BCUT2D eigenvalue weighted by Gasteiger charge is -2.27. The van der Waals surface area contributed by atoms with E-state index in [-0.39, 0.29) is 12.3 Å². The number of anilines is 1. The molecule has 0 radical (unpaired) electrons. The monoisotopic (exact) mass is 318 g/mol. The number of hydrogen-bond donors (Lipinski definition) is 2. The molecule has 1 fully saturated rings. The first-order valence-corrected chi connectivity index (χ1v) is 8.76. The van der Waals surface area contributed by atoms with Gasteiger partial charge in [0.05, 0.1) is 6.10 Å². The lowest BCUT2D eigenvalue weighted by atomic mass is 10.0. The lowest BCUT2D eigenvalue weighted by molar-refractivity contribution is 0.0343. The summed E-state index contributed by atoms with van der Waals surface area (Å²) in [5, 5.41) is 11.6. The summed E-state index contributed by atoms with van der Waals surface area (Å²) in [4.78, 5) is 0. The molecule has 0 aromatic heterocycles. The Bertz CT molecular complexity index is 536. The van der Waals surface area contributed by atoms with Crippen LogP contribution in [0.25, 0.3) is 0 Å². The molecule has 2 unspecified atom stereocenters. The van der Waals surface area contributed by atoms with Crippen molar-refractivity contribution in [2.75, 3.05) is 11.9 Å². The van der Waals surface area contributed by atoms with Crippen LogP contribution in [-0.2, 0) is 4.74 Å². The minimum atomic E-state index is 0.0475. The standard InChI is InChI=1S/C19H30N2O2/c1-5-8-14(3)23-16-11-13(2)19(17(12-16)15(4)20)21-18-9-6-7-10-22-18/h11-12,14,18,20-21H,5-10H2,1-4H3. The highest BCUT2D eigenvalue weighted by atomic mass is 16.5. The Balaban J connectivity index is 2.21. The molecule has 1 aliphatic heterocycles. The highest BCUT2D eigenvalue weighted by Gasteiger charge is 2.18. The molecule has 2 N–H and O–H groups in total. The molecule has 2 atom stereocenters. The Morgan fingerprint density at radius 1 is 1.43 bits per heavy atom. The first-order chi connectivity index (χ1) is 11.0. The molecule has 4 nitrogen and oxygen atoms in total. The third-order valence-corrected chi connectivity index (χ3v) is 4.23.